The van der Waals surface area contributed by atoms with E-state index in [-0.39, 0.29) is 5.91 Å². The van der Waals surface area contributed by atoms with Crippen LogP contribution in [0.3, 0.4) is 0 Å². The summed E-state index contributed by atoms with van der Waals surface area (Å²) in [6.45, 7) is 13.6. The molecule has 2 aromatic rings. The molecule has 8 heteroatoms. The highest BCUT2D eigenvalue weighted by Crippen LogP contribution is 2.61. The van der Waals surface area contributed by atoms with Crippen molar-refractivity contribution in [2.45, 2.75) is 65.6 Å². The Balaban J connectivity index is 1.20. The molecular formula is C32H41Cl2N5O. The van der Waals surface area contributed by atoms with E-state index in [9.17, 15) is 4.79 Å². The van der Waals surface area contributed by atoms with Crippen LogP contribution in [-0.4, -0.2) is 59.9 Å². The van der Waals surface area contributed by atoms with Gasteiger partial charge in [-0.3, -0.25) is 4.79 Å². The van der Waals surface area contributed by atoms with Crippen molar-refractivity contribution in [3.05, 3.63) is 63.1 Å². The van der Waals surface area contributed by atoms with Crippen LogP contribution in [0.1, 0.15) is 62.0 Å². The molecule has 0 radical (unpaired) electrons. The van der Waals surface area contributed by atoms with Crippen LogP contribution < -0.4 is 10.6 Å². The molecule has 7 rings (SSSR count). The van der Waals surface area contributed by atoms with E-state index in [1.165, 1.54) is 12.8 Å². The highest BCUT2D eigenvalue weighted by Gasteiger charge is 2.56. The molecule has 40 heavy (non-hydrogen) atoms. The first kappa shape index (κ1) is 27.9. The number of carbonyl (C=O) groups is 1. The summed E-state index contributed by atoms with van der Waals surface area (Å²) in [6, 6.07) is 12.4. The summed E-state index contributed by atoms with van der Waals surface area (Å²) >= 11 is 12.4. The smallest absolute Gasteiger partial charge is 0.254 e. The summed E-state index contributed by atoms with van der Waals surface area (Å²) in [5.74, 6) is 3.22. The van der Waals surface area contributed by atoms with Gasteiger partial charge in [-0.15, -0.1) is 0 Å². The average Bonchev–Trinajstić information content (AvgIpc) is 3.23. The molecule has 1 amide bonds. The first-order valence-electron chi connectivity index (χ1n) is 14.8. The Bertz CT molecular complexity index is 1330. The molecule has 0 unspecified atom stereocenters. The van der Waals surface area contributed by atoms with Crippen LogP contribution in [0.15, 0.2) is 41.4 Å². The normalized spacial score (nSPS) is 29.3. The minimum Gasteiger partial charge on any atom is -0.353 e. The van der Waals surface area contributed by atoms with Crippen molar-refractivity contribution in [1.82, 2.24) is 20.4 Å². The van der Waals surface area contributed by atoms with E-state index in [4.69, 9.17) is 28.2 Å². The lowest BCUT2D eigenvalue weighted by Gasteiger charge is -2.62. The number of hydrogen-bond acceptors (Lipinski definition) is 3. The van der Waals surface area contributed by atoms with Gasteiger partial charge in [0.25, 0.3) is 5.91 Å². The second-order valence-corrected chi connectivity index (χ2v) is 13.8. The standard InChI is InChI=1S/C32H41Cl2N5O/c1-19-17-39(12-10-35-19)31(37-29-15-23-14-27(20(29)2)32(23,3)4)36-25-7-8-26-22(13-25)18-38(30(26)40)11-9-21-5-6-24(33)16-28(21)34/h5-8,13,16,19-20,23,27,29,35H,9-12,14-15,17-18H2,1-4H3,(H,36,37)/t19-,20+,23-,27-,29-/m0/s1. The number of nitrogens with one attached hydrogen (secondary N) is 2. The maximum atomic E-state index is 13.2. The molecule has 5 atom stereocenters. The lowest BCUT2D eigenvalue weighted by molar-refractivity contribution is -0.112. The zero-order chi connectivity index (χ0) is 28.2. The zero-order valence-corrected chi connectivity index (χ0v) is 25.5. The molecule has 2 bridgehead atoms. The maximum absolute atomic E-state index is 13.2. The Labute approximate surface area is 248 Å². The zero-order valence-electron chi connectivity index (χ0n) is 24.0. The lowest BCUT2D eigenvalue weighted by Crippen LogP contribution is -2.63. The minimum atomic E-state index is 0.0720. The fourth-order valence-corrected chi connectivity index (χ4v) is 8.05. The minimum absolute atomic E-state index is 0.0720. The number of piperazine rings is 1. The summed E-state index contributed by atoms with van der Waals surface area (Å²) in [5.41, 5.74) is 4.16. The predicted molar refractivity (Wildman–Crippen MR) is 164 cm³/mol. The van der Waals surface area contributed by atoms with Gasteiger partial charge in [0.1, 0.15) is 0 Å². The number of rotatable bonds is 5. The third kappa shape index (κ3) is 5.23. The number of halogens is 2. The number of carbonyl (C=O) groups excluding carboxylic acids is 1. The largest absolute Gasteiger partial charge is 0.353 e. The van der Waals surface area contributed by atoms with Gasteiger partial charge in [-0.25, -0.2) is 4.99 Å². The van der Waals surface area contributed by atoms with Gasteiger partial charge >= 0.3 is 0 Å². The molecule has 3 saturated carbocycles. The molecular weight excluding hydrogens is 541 g/mol. The Morgan fingerprint density at radius 3 is 2.70 bits per heavy atom. The highest BCUT2D eigenvalue weighted by atomic mass is 35.5. The van der Waals surface area contributed by atoms with E-state index >= 15 is 0 Å². The van der Waals surface area contributed by atoms with Crippen molar-refractivity contribution >= 4 is 40.8 Å². The Hall–Kier alpha value is -2.28. The monoisotopic (exact) mass is 581 g/mol. The van der Waals surface area contributed by atoms with Gasteiger partial charge in [0.2, 0.25) is 0 Å². The third-order valence-electron chi connectivity index (χ3n) is 10.2. The van der Waals surface area contributed by atoms with E-state index in [0.29, 0.717) is 53.0 Å². The van der Waals surface area contributed by atoms with Crippen LogP contribution in [-0.2, 0) is 13.0 Å². The maximum Gasteiger partial charge on any atom is 0.254 e. The number of amides is 1. The van der Waals surface area contributed by atoms with Crippen LogP contribution in [0.5, 0.6) is 0 Å². The van der Waals surface area contributed by atoms with Gasteiger partial charge in [0.15, 0.2) is 5.96 Å². The summed E-state index contributed by atoms with van der Waals surface area (Å²) in [4.78, 5) is 22.7. The number of benzene rings is 2. The van der Waals surface area contributed by atoms with E-state index in [2.05, 4.69) is 49.3 Å². The van der Waals surface area contributed by atoms with Gasteiger partial charge in [-0.05, 0) is 90.8 Å². The first-order valence-corrected chi connectivity index (χ1v) is 15.6. The van der Waals surface area contributed by atoms with Gasteiger partial charge in [-0.1, -0.05) is 50.0 Å². The van der Waals surface area contributed by atoms with Crippen LogP contribution in [0.25, 0.3) is 0 Å². The van der Waals surface area contributed by atoms with Gasteiger partial charge < -0.3 is 20.4 Å². The van der Waals surface area contributed by atoms with Crippen molar-refractivity contribution in [2.75, 3.05) is 26.2 Å². The van der Waals surface area contributed by atoms with Crippen molar-refractivity contribution in [3.63, 3.8) is 0 Å². The molecule has 2 N–H and O–H groups in total. The summed E-state index contributed by atoms with van der Waals surface area (Å²) < 4.78 is 0. The molecule has 0 spiro atoms. The van der Waals surface area contributed by atoms with Crippen molar-refractivity contribution < 1.29 is 4.79 Å². The second kappa shape index (κ2) is 10.8. The molecule has 6 nitrogen and oxygen atoms in total. The number of nitrogens with zero attached hydrogens (tertiary/aromatic N) is 3. The molecule has 1 saturated heterocycles. The van der Waals surface area contributed by atoms with Gasteiger partial charge in [0.05, 0.1) is 5.69 Å². The fourth-order valence-electron chi connectivity index (χ4n) is 7.54. The van der Waals surface area contributed by atoms with Gasteiger partial charge in [0, 0.05) is 60.4 Å². The summed E-state index contributed by atoms with van der Waals surface area (Å²) in [5, 5.41) is 8.75. The molecule has 0 aromatic heterocycles. The van der Waals surface area contributed by atoms with E-state index < -0.39 is 0 Å². The summed E-state index contributed by atoms with van der Waals surface area (Å²) in [7, 11) is 0. The molecule has 2 heterocycles. The summed E-state index contributed by atoms with van der Waals surface area (Å²) in [6.07, 6.45) is 3.26. The SMILES string of the molecule is C[C@H]1[C@@H](NC(=Nc2ccc3c(c2)CN(CCc2ccc(Cl)cc2Cl)C3=O)N2CCN[C@@H](C)C2)C[C@@H]2C[C@@H]1C2(C)C. The third-order valence-corrected chi connectivity index (χ3v) is 10.8. The molecule has 2 aromatic carbocycles. The Morgan fingerprint density at radius 2 is 1.98 bits per heavy atom. The molecule has 2 aliphatic heterocycles. The molecule has 214 valence electrons. The van der Waals surface area contributed by atoms with E-state index in [1.807, 2.05) is 29.2 Å². The Morgan fingerprint density at radius 1 is 1.15 bits per heavy atom. The van der Waals surface area contributed by atoms with Crippen LogP contribution in [0.4, 0.5) is 5.69 Å². The molecule has 4 fully saturated rings. The Kier molecular flexibility index (Phi) is 7.56. The predicted octanol–water partition coefficient (Wildman–Crippen LogP) is 6.13. The molecule has 3 aliphatic carbocycles. The number of guanidine groups is 1. The van der Waals surface area contributed by atoms with Crippen LogP contribution >= 0.6 is 23.2 Å². The quantitative estimate of drug-likeness (QED) is 0.329. The fraction of sp³-hybridized carbons (Fsp3) is 0.562. The van der Waals surface area contributed by atoms with Crippen molar-refractivity contribution in [2.24, 2.45) is 28.2 Å². The van der Waals surface area contributed by atoms with Crippen LogP contribution in [0.2, 0.25) is 10.0 Å². The van der Waals surface area contributed by atoms with E-state index in [0.717, 1.165) is 59.8 Å². The van der Waals surface area contributed by atoms with Crippen LogP contribution in [0, 0.1) is 23.2 Å². The lowest BCUT2D eigenvalue weighted by atomic mass is 9.45. The topological polar surface area (TPSA) is 60.0 Å². The highest BCUT2D eigenvalue weighted by molar-refractivity contribution is 6.35. The van der Waals surface area contributed by atoms with Crippen molar-refractivity contribution in [3.8, 4) is 0 Å². The average molecular weight is 583 g/mol. The molecule has 5 aliphatic rings. The van der Waals surface area contributed by atoms with E-state index in [1.54, 1.807) is 6.07 Å². The van der Waals surface area contributed by atoms with Gasteiger partial charge in [-0.2, -0.15) is 0 Å². The number of hydrogen-bond donors (Lipinski definition) is 2. The van der Waals surface area contributed by atoms with Crippen molar-refractivity contribution in [1.29, 1.82) is 0 Å². The number of aliphatic imine (C=N–C) groups is 1. The second-order valence-electron chi connectivity index (χ2n) is 13.0. The first-order chi connectivity index (χ1) is 19.1. The number of fused-ring (bicyclic) bond motifs is 3.